The molecule has 1 unspecified atom stereocenters. The number of ether oxygens (including phenoxy) is 1. The summed E-state index contributed by atoms with van der Waals surface area (Å²) in [5, 5.41) is 21.7. The van der Waals surface area contributed by atoms with Crippen molar-refractivity contribution in [2.24, 2.45) is 0 Å². The van der Waals surface area contributed by atoms with Gasteiger partial charge in [0.1, 0.15) is 11.8 Å². The molecule has 1 aromatic rings. The molecule has 1 aromatic carbocycles. The predicted octanol–water partition coefficient (Wildman–Crippen LogP) is 1.18. The fraction of sp³-hybridized carbons (Fsp3) is 0.364. The minimum Gasteiger partial charge on any atom is -0.493 e. The Morgan fingerprint density at radius 2 is 2.32 bits per heavy atom. The second-order valence-electron chi connectivity index (χ2n) is 3.69. The number of nitrogens with one attached hydrogen (secondary N) is 1. The first-order valence-corrected chi connectivity index (χ1v) is 5.42. The Morgan fingerprint density at radius 3 is 2.79 bits per heavy atom. The summed E-state index contributed by atoms with van der Waals surface area (Å²) in [5.41, 5.74) is -0.633. The maximum atomic E-state index is 13.3. The van der Waals surface area contributed by atoms with E-state index in [2.05, 4.69) is 5.32 Å². The highest BCUT2D eigenvalue weighted by Crippen LogP contribution is 2.22. The molecule has 0 heterocycles. The summed E-state index contributed by atoms with van der Waals surface area (Å²) >= 11 is 0. The zero-order chi connectivity index (χ0) is 14.4. The Labute approximate surface area is 108 Å². The van der Waals surface area contributed by atoms with E-state index in [1.54, 1.807) is 0 Å². The lowest BCUT2D eigenvalue weighted by atomic mass is 10.2. The molecule has 19 heavy (non-hydrogen) atoms. The van der Waals surface area contributed by atoms with Crippen LogP contribution in [0, 0.1) is 15.9 Å². The summed E-state index contributed by atoms with van der Waals surface area (Å²) in [6, 6.07) is 2.39. The van der Waals surface area contributed by atoms with Gasteiger partial charge < -0.3 is 15.2 Å². The number of nitrogens with zero attached hydrogens (tertiary/aromatic N) is 1. The molecule has 1 atom stereocenters. The van der Waals surface area contributed by atoms with E-state index in [0.29, 0.717) is 0 Å². The molecule has 0 aliphatic rings. The molecule has 0 aromatic heterocycles. The molecule has 0 amide bonds. The van der Waals surface area contributed by atoms with E-state index in [-0.39, 0.29) is 18.8 Å². The maximum absolute atomic E-state index is 13.3. The molecule has 0 spiro atoms. The van der Waals surface area contributed by atoms with Crippen LogP contribution >= 0.6 is 0 Å². The second-order valence-corrected chi connectivity index (χ2v) is 3.69. The number of rotatable bonds is 7. The summed E-state index contributed by atoms with van der Waals surface area (Å²) in [4.78, 5) is 20.3. The van der Waals surface area contributed by atoms with Crippen LogP contribution in [0.5, 0.6) is 5.75 Å². The van der Waals surface area contributed by atoms with Gasteiger partial charge in [0, 0.05) is 18.6 Å². The minimum atomic E-state index is -1.01. The van der Waals surface area contributed by atoms with Crippen molar-refractivity contribution in [3.63, 3.8) is 0 Å². The SMILES string of the molecule is CNC(CCOc1ccc([N+](=O)[O-])c(F)c1)C(=O)O. The quantitative estimate of drug-likeness (QED) is 0.570. The van der Waals surface area contributed by atoms with E-state index in [1.807, 2.05) is 0 Å². The first-order valence-electron chi connectivity index (χ1n) is 5.42. The molecule has 0 fully saturated rings. The standard InChI is InChI=1S/C11H13FN2O5/c1-13-9(11(15)16)4-5-19-7-2-3-10(14(17)18)8(12)6-7/h2-3,6,9,13H,4-5H2,1H3,(H,15,16). The molecule has 0 saturated heterocycles. The first kappa shape index (κ1) is 14.8. The van der Waals surface area contributed by atoms with Gasteiger partial charge in [0.25, 0.3) is 0 Å². The van der Waals surface area contributed by atoms with Gasteiger partial charge in [-0.25, -0.2) is 0 Å². The summed E-state index contributed by atoms with van der Waals surface area (Å²) in [5.74, 6) is -1.89. The monoisotopic (exact) mass is 272 g/mol. The molecular weight excluding hydrogens is 259 g/mol. The largest absolute Gasteiger partial charge is 0.493 e. The molecule has 0 bridgehead atoms. The molecule has 0 radical (unpaired) electrons. The first-order chi connectivity index (χ1) is 8.95. The zero-order valence-corrected chi connectivity index (χ0v) is 10.1. The Kier molecular flexibility index (Phi) is 5.19. The molecule has 2 N–H and O–H groups in total. The third-order valence-electron chi connectivity index (χ3n) is 2.44. The highest BCUT2D eigenvalue weighted by Gasteiger charge is 2.16. The minimum absolute atomic E-state index is 0.0507. The molecule has 8 heteroatoms. The lowest BCUT2D eigenvalue weighted by Crippen LogP contribution is -2.35. The Balaban J connectivity index is 2.57. The topological polar surface area (TPSA) is 102 Å². The third-order valence-corrected chi connectivity index (χ3v) is 2.44. The number of carboxylic acids is 1. The van der Waals surface area contributed by atoms with Gasteiger partial charge in [0.05, 0.1) is 11.5 Å². The van der Waals surface area contributed by atoms with Gasteiger partial charge in [0.15, 0.2) is 0 Å². The molecule has 104 valence electrons. The number of nitro benzene ring substituents is 1. The number of carbonyl (C=O) groups is 1. The van der Waals surface area contributed by atoms with Crippen molar-refractivity contribution in [1.82, 2.24) is 5.32 Å². The summed E-state index contributed by atoms with van der Waals surface area (Å²) < 4.78 is 18.4. The summed E-state index contributed by atoms with van der Waals surface area (Å²) in [6.07, 6.45) is 0.185. The molecule has 0 saturated carbocycles. The van der Waals surface area contributed by atoms with Gasteiger partial charge >= 0.3 is 11.7 Å². The molecule has 1 rings (SSSR count). The highest BCUT2D eigenvalue weighted by molar-refractivity contribution is 5.73. The van der Waals surface area contributed by atoms with Gasteiger partial charge in [-0.3, -0.25) is 14.9 Å². The molecule has 0 aliphatic carbocycles. The van der Waals surface area contributed by atoms with Crippen LogP contribution in [0.15, 0.2) is 18.2 Å². The summed E-state index contributed by atoms with van der Waals surface area (Å²) in [6.45, 7) is 0.0507. The Bertz CT molecular complexity index is 480. The van der Waals surface area contributed by atoms with Gasteiger partial charge in [0.2, 0.25) is 5.82 Å². The molecule has 0 aliphatic heterocycles. The Morgan fingerprint density at radius 1 is 1.63 bits per heavy atom. The highest BCUT2D eigenvalue weighted by atomic mass is 19.1. The lowest BCUT2D eigenvalue weighted by Gasteiger charge is -2.11. The van der Waals surface area contributed by atoms with Crippen LogP contribution in [0.4, 0.5) is 10.1 Å². The Hall–Kier alpha value is -2.22. The van der Waals surface area contributed by atoms with Crippen LogP contribution in [-0.2, 0) is 4.79 Å². The number of hydrogen-bond donors (Lipinski definition) is 2. The van der Waals surface area contributed by atoms with Crippen molar-refractivity contribution in [3.8, 4) is 5.75 Å². The van der Waals surface area contributed by atoms with Crippen LogP contribution in [-0.4, -0.2) is 35.7 Å². The van der Waals surface area contributed by atoms with Crippen LogP contribution in [0.25, 0.3) is 0 Å². The van der Waals surface area contributed by atoms with Crippen molar-refractivity contribution in [1.29, 1.82) is 0 Å². The number of carboxylic acid groups (broad SMARTS) is 1. The second kappa shape index (κ2) is 6.64. The number of halogens is 1. The van der Waals surface area contributed by atoms with E-state index in [4.69, 9.17) is 9.84 Å². The van der Waals surface area contributed by atoms with Crippen LogP contribution in [0.1, 0.15) is 6.42 Å². The molecular formula is C11H13FN2O5. The van der Waals surface area contributed by atoms with Gasteiger partial charge in [-0.15, -0.1) is 0 Å². The maximum Gasteiger partial charge on any atom is 0.320 e. The average Bonchev–Trinajstić information content (AvgIpc) is 2.33. The van der Waals surface area contributed by atoms with Gasteiger partial charge in [-0.1, -0.05) is 0 Å². The van der Waals surface area contributed by atoms with Gasteiger partial charge in [-0.05, 0) is 13.1 Å². The van der Waals surface area contributed by atoms with Crippen molar-refractivity contribution in [3.05, 3.63) is 34.1 Å². The smallest absolute Gasteiger partial charge is 0.320 e. The fourth-order valence-electron chi connectivity index (χ4n) is 1.41. The molecule has 7 nitrogen and oxygen atoms in total. The zero-order valence-electron chi connectivity index (χ0n) is 10.1. The van der Waals surface area contributed by atoms with E-state index in [0.717, 1.165) is 12.1 Å². The number of aliphatic carboxylic acids is 1. The van der Waals surface area contributed by atoms with Crippen LogP contribution in [0.2, 0.25) is 0 Å². The van der Waals surface area contributed by atoms with Gasteiger partial charge in [-0.2, -0.15) is 4.39 Å². The predicted molar refractivity (Wildman–Crippen MR) is 63.6 cm³/mol. The fourth-order valence-corrected chi connectivity index (χ4v) is 1.41. The number of benzene rings is 1. The third kappa shape index (κ3) is 4.18. The van der Waals surface area contributed by atoms with E-state index in [1.165, 1.54) is 13.1 Å². The van der Waals surface area contributed by atoms with Crippen LogP contribution in [0.3, 0.4) is 0 Å². The van der Waals surface area contributed by atoms with E-state index >= 15 is 0 Å². The number of hydrogen-bond acceptors (Lipinski definition) is 5. The van der Waals surface area contributed by atoms with E-state index in [9.17, 15) is 19.3 Å². The number of likely N-dealkylation sites (N-methyl/N-ethyl adjacent to an activating group) is 1. The van der Waals surface area contributed by atoms with Crippen molar-refractivity contribution in [2.45, 2.75) is 12.5 Å². The average molecular weight is 272 g/mol. The normalized spacial score (nSPS) is 11.9. The van der Waals surface area contributed by atoms with Crippen molar-refractivity contribution in [2.75, 3.05) is 13.7 Å². The van der Waals surface area contributed by atoms with Crippen molar-refractivity contribution < 1.29 is 24.0 Å². The van der Waals surface area contributed by atoms with E-state index < -0.39 is 28.4 Å². The summed E-state index contributed by atoms with van der Waals surface area (Å²) in [7, 11) is 1.50. The lowest BCUT2D eigenvalue weighted by molar-refractivity contribution is -0.387. The number of nitro groups is 1. The van der Waals surface area contributed by atoms with Crippen LogP contribution < -0.4 is 10.1 Å². The van der Waals surface area contributed by atoms with Crippen molar-refractivity contribution >= 4 is 11.7 Å².